The van der Waals surface area contributed by atoms with Crippen molar-refractivity contribution in [2.24, 2.45) is 0 Å². The third-order valence-electron chi connectivity index (χ3n) is 3.36. The Morgan fingerprint density at radius 1 is 1.47 bits per heavy atom. The normalized spacial score (nSPS) is 18.6. The molecular weight excluding hydrogens is 264 g/mol. The van der Waals surface area contributed by atoms with E-state index in [1.165, 1.54) is 0 Å². The van der Waals surface area contributed by atoms with Crippen LogP contribution in [0, 0.1) is 0 Å². The summed E-state index contributed by atoms with van der Waals surface area (Å²) < 4.78 is 5.28. The molecule has 1 amide bonds. The first-order valence-corrected chi connectivity index (χ1v) is 6.34. The molecule has 106 valence electrons. The van der Waals surface area contributed by atoms with E-state index in [0.717, 1.165) is 30.9 Å². The lowest BCUT2D eigenvalue weighted by Gasteiger charge is -2.34. The van der Waals surface area contributed by atoms with Crippen molar-refractivity contribution in [2.75, 3.05) is 26.7 Å². The second-order valence-electron chi connectivity index (χ2n) is 4.63. The topological polar surface area (TPSA) is 41.6 Å². The third kappa shape index (κ3) is 3.85. The summed E-state index contributed by atoms with van der Waals surface area (Å²) in [4.78, 5) is 14.2. The molecule has 0 bridgehead atoms. The summed E-state index contributed by atoms with van der Waals surface area (Å²) in [5.41, 5.74) is 0.954. The molecule has 1 atom stereocenters. The average molecular weight is 285 g/mol. The molecule has 1 aromatic carbocycles. The van der Waals surface area contributed by atoms with Crippen LogP contribution in [0.15, 0.2) is 24.3 Å². The number of carbonyl (C=O) groups is 1. The number of amides is 1. The van der Waals surface area contributed by atoms with Crippen LogP contribution >= 0.6 is 12.4 Å². The summed E-state index contributed by atoms with van der Waals surface area (Å²) in [5, 5.41) is 3.29. The Kier molecular flexibility index (Phi) is 6.12. The van der Waals surface area contributed by atoms with Gasteiger partial charge in [-0.2, -0.15) is 0 Å². The summed E-state index contributed by atoms with van der Waals surface area (Å²) in [6.07, 6.45) is 0.411. The monoisotopic (exact) mass is 284 g/mol. The highest BCUT2D eigenvalue weighted by Crippen LogP contribution is 2.19. The smallest absolute Gasteiger partial charge is 0.227 e. The number of benzene rings is 1. The van der Waals surface area contributed by atoms with Gasteiger partial charge in [0.15, 0.2) is 0 Å². The van der Waals surface area contributed by atoms with E-state index in [1.54, 1.807) is 7.11 Å². The highest BCUT2D eigenvalue weighted by atomic mass is 35.5. The second-order valence-corrected chi connectivity index (χ2v) is 4.63. The molecule has 2 rings (SSSR count). The first-order valence-electron chi connectivity index (χ1n) is 6.34. The molecule has 1 aromatic rings. The number of piperazine rings is 1. The zero-order valence-electron chi connectivity index (χ0n) is 11.4. The minimum absolute atomic E-state index is 0. The first-order chi connectivity index (χ1) is 8.72. The van der Waals surface area contributed by atoms with Crippen LogP contribution in [0.3, 0.4) is 0 Å². The predicted octanol–water partition coefficient (Wildman–Crippen LogP) is 1.48. The number of carbonyl (C=O) groups excluding carboxylic acids is 1. The zero-order chi connectivity index (χ0) is 13.0. The van der Waals surface area contributed by atoms with E-state index in [9.17, 15) is 4.79 Å². The lowest BCUT2D eigenvalue weighted by atomic mass is 10.1. The molecule has 0 radical (unpaired) electrons. The first kappa shape index (κ1) is 15.8. The molecule has 4 nitrogen and oxygen atoms in total. The lowest BCUT2D eigenvalue weighted by molar-refractivity contribution is -0.133. The van der Waals surface area contributed by atoms with Gasteiger partial charge in [0.05, 0.1) is 13.5 Å². The van der Waals surface area contributed by atoms with Crippen molar-refractivity contribution in [3.05, 3.63) is 29.8 Å². The van der Waals surface area contributed by atoms with E-state index < -0.39 is 0 Å². The zero-order valence-corrected chi connectivity index (χ0v) is 12.2. The highest BCUT2D eigenvalue weighted by Gasteiger charge is 2.23. The number of hydrogen-bond acceptors (Lipinski definition) is 3. The van der Waals surface area contributed by atoms with Gasteiger partial charge >= 0.3 is 0 Å². The Hall–Kier alpha value is -1.26. The molecule has 1 N–H and O–H groups in total. The van der Waals surface area contributed by atoms with Crippen LogP contribution in [0.4, 0.5) is 0 Å². The number of nitrogens with zero attached hydrogens (tertiary/aromatic N) is 1. The Balaban J connectivity index is 0.00000180. The molecular formula is C14H21ClN2O2. The summed E-state index contributed by atoms with van der Waals surface area (Å²) in [6.45, 7) is 4.61. The molecule has 1 aliphatic rings. The molecule has 1 fully saturated rings. The molecule has 0 unspecified atom stereocenters. The van der Waals surface area contributed by atoms with Gasteiger partial charge in [-0.05, 0) is 13.0 Å². The minimum Gasteiger partial charge on any atom is -0.496 e. The largest absolute Gasteiger partial charge is 0.496 e. The van der Waals surface area contributed by atoms with Crippen LogP contribution in [-0.2, 0) is 11.2 Å². The van der Waals surface area contributed by atoms with Crippen LogP contribution in [0.1, 0.15) is 12.5 Å². The summed E-state index contributed by atoms with van der Waals surface area (Å²) in [5.74, 6) is 0.960. The van der Waals surface area contributed by atoms with Gasteiger partial charge in [0, 0.05) is 31.2 Å². The maximum absolute atomic E-state index is 12.3. The van der Waals surface area contributed by atoms with E-state index in [-0.39, 0.29) is 24.4 Å². The third-order valence-corrected chi connectivity index (χ3v) is 3.36. The summed E-state index contributed by atoms with van der Waals surface area (Å²) in [6, 6.07) is 7.96. The molecule has 19 heavy (non-hydrogen) atoms. The van der Waals surface area contributed by atoms with Gasteiger partial charge in [-0.3, -0.25) is 4.79 Å². The standard InChI is InChI=1S/C14H20N2O2.ClH/c1-11-10-15-7-8-16(11)14(17)9-12-5-3-4-6-13(12)18-2;/h3-6,11,15H,7-10H2,1-2H3;1H/t11-;/m1./s1. The average Bonchev–Trinajstić information content (AvgIpc) is 2.39. The number of hydrogen-bond donors (Lipinski definition) is 1. The van der Waals surface area contributed by atoms with E-state index in [2.05, 4.69) is 12.2 Å². The molecule has 5 heteroatoms. The van der Waals surface area contributed by atoms with Crippen molar-refractivity contribution in [1.29, 1.82) is 0 Å². The quantitative estimate of drug-likeness (QED) is 0.914. The van der Waals surface area contributed by atoms with E-state index in [0.29, 0.717) is 6.42 Å². The number of halogens is 1. The molecule has 1 heterocycles. The molecule has 0 saturated carbocycles. The number of rotatable bonds is 3. The molecule has 1 saturated heterocycles. The predicted molar refractivity (Wildman–Crippen MR) is 78.0 cm³/mol. The number of ether oxygens (including phenoxy) is 1. The maximum atomic E-state index is 12.3. The van der Waals surface area contributed by atoms with Gasteiger partial charge in [0.25, 0.3) is 0 Å². The van der Waals surface area contributed by atoms with Crippen LogP contribution in [0.5, 0.6) is 5.75 Å². The van der Waals surface area contributed by atoms with Crippen LogP contribution < -0.4 is 10.1 Å². The molecule has 1 aliphatic heterocycles. The Labute approximate surface area is 120 Å². The van der Waals surface area contributed by atoms with Crippen molar-refractivity contribution in [3.63, 3.8) is 0 Å². The Bertz CT molecular complexity index is 426. The van der Waals surface area contributed by atoms with Crippen molar-refractivity contribution in [1.82, 2.24) is 10.2 Å². The fraction of sp³-hybridized carbons (Fsp3) is 0.500. The van der Waals surface area contributed by atoms with Crippen molar-refractivity contribution in [3.8, 4) is 5.75 Å². The molecule has 0 aromatic heterocycles. The van der Waals surface area contributed by atoms with E-state index in [1.807, 2.05) is 29.2 Å². The lowest BCUT2D eigenvalue weighted by Crippen LogP contribution is -2.52. The van der Waals surface area contributed by atoms with Gasteiger partial charge in [-0.1, -0.05) is 18.2 Å². The van der Waals surface area contributed by atoms with Crippen molar-refractivity contribution >= 4 is 18.3 Å². The maximum Gasteiger partial charge on any atom is 0.227 e. The number of methoxy groups -OCH3 is 1. The van der Waals surface area contributed by atoms with E-state index >= 15 is 0 Å². The van der Waals surface area contributed by atoms with Crippen LogP contribution in [0.2, 0.25) is 0 Å². The second kappa shape index (κ2) is 7.36. The minimum atomic E-state index is 0. The van der Waals surface area contributed by atoms with Gasteiger partial charge in [-0.25, -0.2) is 0 Å². The summed E-state index contributed by atoms with van der Waals surface area (Å²) >= 11 is 0. The highest BCUT2D eigenvalue weighted by molar-refractivity contribution is 5.85. The van der Waals surface area contributed by atoms with Gasteiger partial charge in [0.2, 0.25) is 5.91 Å². The number of nitrogens with one attached hydrogen (secondary N) is 1. The van der Waals surface area contributed by atoms with Crippen molar-refractivity contribution in [2.45, 2.75) is 19.4 Å². The number of para-hydroxylation sites is 1. The van der Waals surface area contributed by atoms with Gasteiger partial charge < -0.3 is 15.0 Å². The Morgan fingerprint density at radius 3 is 2.89 bits per heavy atom. The van der Waals surface area contributed by atoms with Crippen LogP contribution in [-0.4, -0.2) is 43.6 Å². The SMILES string of the molecule is COc1ccccc1CC(=O)N1CCNC[C@H]1C.Cl. The summed E-state index contributed by atoms with van der Waals surface area (Å²) in [7, 11) is 1.64. The fourth-order valence-corrected chi connectivity index (χ4v) is 2.33. The van der Waals surface area contributed by atoms with E-state index in [4.69, 9.17) is 4.74 Å². The van der Waals surface area contributed by atoms with Gasteiger partial charge in [0.1, 0.15) is 5.75 Å². The van der Waals surface area contributed by atoms with Crippen LogP contribution in [0.25, 0.3) is 0 Å². The Morgan fingerprint density at radius 2 is 2.21 bits per heavy atom. The van der Waals surface area contributed by atoms with Gasteiger partial charge in [-0.15, -0.1) is 12.4 Å². The fourth-order valence-electron chi connectivity index (χ4n) is 2.33. The van der Waals surface area contributed by atoms with Crippen molar-refractivity contribution < 1.29 is 9.53 Å². The molecule has 0 aliphatic carbocycles. The molecule has 0 spiro atoms.